The topological polar surface area (TPSA) is 60.2 Å². The third-order valence-corrected chi connectivity index (χ3v) is 4.11. The van der Waals surface area contributed by atoms with E-state index in [0.717, 1.165) is 12.8 Å². The van der Waals surface area contributed by atoms with E-state index < -0.39 is 4.92 Å². The van der Waals surface area contributed by atoms with Crippen molar-refractivity contribution < 1.29 is 9.72 Å². The fourth-order valence-corrected chi connectivity index (χ4v) is 2.94. The quantitative estimate of drug-likeness (QED) is 0.491. The van der Waals surface area contributed by atoms with Gasteiger partial charge in [-0.25, -0.2) is 0 Å². The maximum Gasteiger partial charge on any atom is 0.273 e. The van der Waals surface area contributed by atoms with Crippen molar-refractivity contribution >= 4 is 11.5 Å². The van der Waals surface area contributed by atoms with Gasteiger partial charge >= 0.3 is 0 Å². The summed E-state index contributed by atoms with van der Waals surface area (Å²) in [5, 5.41) is 11.0. The third-order valence-electron chi connectivity index (χ3n) is 4.11. The number of ketones is 1. The average Bonchev–Trinajstić information content (AvgIpc) is 2.90. The molecule has 0 bridgehead atoms. The zero-order valence-corrected chi connectivity index (χ0v) is 11.7. The highest BCUT2D eigenvalue weighted by Gasteiger charge is 2.28. The smallest absolute Gasteiger partial charge is 0.273 e. The Labute approximate surface area is 122 Å². The molecule has 2 aromatic rings. The Hall–Kier alpha value is -2.49. The summed E-state index contributed by atoms with van der Waals surface area (Å²) in [6, 6.07) is 12.8. The molecule has 0 heterocycles. The Morgan fingerprint density at radius 2 is 1.76 bits per heavy atom. The maximum atomic E-state index is 12.6. The van der Waals surface area contributed by atoms with Crippen molar-refractivity contribution in [2.75, 3.05) is 0 Å². The van der Waals surface area contributed by atoms with Crippen molar-refractivity contribution in [1.29, 1.82) is 0 Å². The zero-order valence-electron chi connectivity index (χ0n) is 11.7. The summed E-state index contributed by atoms with van der Waals surface area (Å²) < 4.78 is 0. The molecule has 0 aromatic heterocycles. The Balaban J connectivity index is 1.87. The Bertz CT molecular complexity index is 712. The summed E-state index contributed by atoms with van der Waals surface area (Å²) in [6.45, 7) is 1.68. The fraction of sp³-hybridized carbons (Fsp3) is 0.235. The number of nitro groups is 1. The molecule has 0 atom stereocenters. The van der Waals surface area contributed by atoms with Gasteiger partial charge in [0.15, 0.2) is 5.78 Å². The van der Waals surface area contributed by atoms with Gasteiger partial charge in [0.1, 0.15) is 0 Å². The van der Waals surface area contributed by atoms with Crippen molar-refractivity contribution in [2.24, 2.45) is 5.92 Å². The first kappa shape index (κ1) is 13.5. The van der Waals surface area contributed by atoms with Crippen LogP contribution in [0, 0.1) is 23.0 Å². The zero-order chi connectivity index (χ0) is 15.0. The van der Waals surface area contributed by atoms with E-state index >= 15 is 0 Å². The maximum absolute atomic E-state index is 12.6. The van der Waals surface area contributed by atoms with E-state index in [1.54, 1.807) is 19.1 Å². The van der Waals surface area contributed by atoms with Crippen molar-refractivity contribution in [2.45, 2.75) is 19.8 Å². The molecule has 21 heavy (non-hydrogen) atoms. The summed E-state index contributed by atoms with van der Waals surface area (Å²) in [7, 11) is 0. The normalized spacial score (nSPS) is 14.0. The summed E-state index contributed by atoms with van der Waals surface area (Å²) in [5.74, 6) is -0.112. The van der Waals surface area contributed by atoms with Crippen LogP contribution in [0.2, 0.25) is 0 Å². The van der Waals surface area contributed by atoms with Gasteiger partial charge in [-0.1, -0.05) is 36.4 Å². The third kappa shape index (κ3) is 2.44. The second kappa shape index (κ2) is 5.13. The van der Waals surface area contributed by atoms with Gasteiger partial charge in [-0.3, -0.25) is 14.9 Å². The molecule has 2 aromatic carbocycles. The van der Waals surface area contributed by atoms with E-state index in [1.807, 2.05) is 24.3 Å². The summed E-state index contributed by atoms with van der Waals surface area (Å²) in [6.07, 6.45) is 1.44. The highest BCUT2D eigenvalue weighted by Crippen LogP contribution is 2.30. The van der Waals surface area contributed by atoms with Crippen LogP contribution in [0.25, 0.3) is 0 Å². The molecule has 0 amide bonds. The standard InChI is InChI=1S/C17H15NO3/c1-11-6-7-14(10-16(11)18(20)21)17(19)15-8-12-4-2-3-5-13(12)9-15/h2-7,10,15H,8-9H2,1H3. The number of fused-ring (bicyclic) bond motifs is 1. The lowest BCUT2D eigenvalue weighted by Crippen LogP contribution is -2.15. The van der Waals surface area contributed by atoms with Gasteiger partial charge in [-0.15, -0.1) is 0 Å². The van der Waals surface area contributed by atoms with E-state index in [0.29, 0.717) is 11.1 Å². The molecule has 4 nitrogen and oxygen atoms in total. The van der Waals surface area contributed by atoms with E-state index in [-0.39, 0.29) is 17.4 Å². The van der Waals surface area contributed by atoms with Gasteiger partial charge in [-0.05, 0) is 30.9 Å². The molecular formula is C17H15NO3. The number of rotatable bonds is 3. The minimum atomic E-state index is -0.435. The molecule has 0 N–H and O–H groups in total. The van der Waals surface area contributed by atoms with Crippen LogP contribution in [0.5, 0.6) is 0 Å². The number of nitrogens with zero attached hydrogens (tertiary/aromatic N) is 1. The molecule has 106 valence electrons. The predicted molar refractivity (Wildman–Crippen MR) is 79.5 cm³/mol. The number of aryl methyl sites for hydroxylation is 1. The lowest BCUT2D eigenvalue weighted by atomic mass is 9.94. The Morgan fingerprint density at radius 1 is 1.14 bits per heavy atom. The summed E-state index contributed by atoms with van der Waals surface area (Å²) in [4.78, 5) is 23.1. The second-order valence-electron chi connectivity index (χ2n) is 5.50. The van der Waals surface area contributed by atoms with Crippen LogP contribution < -0.4 is 0 Å². The number of carbonyl (C=O) groups is 1. The predicted octanol–water partition coefficient (Wildman–Crippen LogP) is 3.50. The monoisotopic (exact) mass is 281 g/mol. The first-order chi connectivity index (χ1) is 10.1. The number of benzene rings is 2. The molecule has 0 fully saturated rings. The number of hydrogen-bond acceptors (Lipinski definition) is 3. The van der Waals surface area contributed by atoms with E-state index in [9.17, 15) is 14.9 Å². The molecule has 0 unspecified atom stereocenters. The van der Waals surface area contributed by atoms with E-state index in [4.69, 9.17) is 0 Å². The number of nitro benzene ring substituents is 1. The fourth-order valence-electron chi connectivity index (χ4n) is 2.94. The molecule has 0 saturated carbocycles. The lowest BCUT2D eigenvalue weighted by molar-refractivity contribution is -0.385. The molecule has 3 rings (SSSR count). The molecule has 4 heteroatoms. The minimum Gasteiger partial charge on any atom is -0.294 e. The second-order valence-corrected chi connectivity index (χ2v) is 5.50. The highest BCUT2D eigenvalue weighted by atomic mass is 16.6. The first-order valence-corrected chi connectivity index (χ1v) is 6.92. The van der Waals surface area contributed by atoms with Gasteiger partial charge in [0.05, 0.1) is 4.92 Å². The van der Waals surface area contributed by atoms with Crippen LogP contribution in [0.4, 0.5) is 5.69 Å². The van der Waals surface area contributed by atoms with Crippen molar-refractivity contribution in [3.8, 4) is 0 Å². The van der Waals surface area contributed by atoms with Crippen LogP contribution in [0.3, 0.4) is 0 Å². The van der Waals surface area contributed by atoms with Gasteiger partial charge in [0, 0.05) is 23.1 Å². The van der Waals surface area contributed by atoms with Crippen molar-refractivity contribution in [3.63, 3.8) is 0 Å². The van der Waals surface area contributed by atoms with Gasteiger partial charge in [0.25, 0.3) is 5.69 Å². The van der Waals surface area contributed by atoms with Crippen LogP contribution in [-0.4, -0.2) is 10.7 Å². The van der Waals surface area contributed by atoms with Crippen LogP contribution in [0.1, 0.15) is 27.0 Å². The molecule has 0 saturated heterocycles. The largest absolute Gasteiger partial charge is 0.294 e. The average molecular weight is 281 g/mol. The molecule has 0 aliphatic heterocycles. The SMILES string of the molecule is Cc1ccc(C(=O)C2Cc3ccccc3C2)cc1[N+](=O)[O-]. The molecule has 0 spiro atoms. The molecule has 1 aliphatic rings. The number of hydrogen-bond donors (Lipinski definition) is 0. The van der Waals surface area contributed by atoms with Gasteiger partial charge in [-0.2, -0.15) is 0 Å². The Kier molecular flexibility index (Phi) is 3.29. The number of Topliss-reactive ketones (excluding diaryl/α,β-unsaturated/α-hetero) is 1. The minimum absolute atomic E-state index is 0.00528. The molecular weight excluding hydrogens is 266 g/mol. The number of carbonyl (C=O) groups excluding carboxylic acids is 1. The molecule has 0 radical (unpaired) electrons. The summed E-state index contributed by atoms with van der Waals surface area (Å²) >= 11 is 0. The lowest BCUT2D eigenvalue weighted by Gasteiger charge is -2.08. The van der Waals surface area contributed by atoms with Crippen LogP contribution in [0.15, 0.2) is 42.5 Å². The van der Waals surface area contributed by atoms with Gasteiger partial charge < -0.3 is 0 Å². The van der Waals surface area contributed by atoms with Gasteiger partial charge in [0.2, 0.25) is 0 Å². The Morgan fingerprint density at radius 3 is 2.33 bits per heavy atom. The van der Waals surface area contributed by atoms with Crippen molar-refractivity contribution in [3.05, 3.63) is 74.8 Å². The molecule has 1 aliphatic carbocycles. The summed E-state index contributed by atoms with van der Waals surface area (Å²) in [5.41, 5.74) is 3.43. The van der Waals surface area contributed by atoms with E-state index in [1.165, 1.54) is 17.2 Å². The van der Waals surface area contributed by atoms with E-state index in [2.05, 4.69) is 0 Å². The first-order valence-electron chi connectivity index (χ1n) is 6.92. The highest BCUT2D eigenvalue weighted by molar-refractivity contribution is 5.99. The van der Waals surface area contributed by atoms with Crippen LogP contribution >= 0.6 is 0 Å². The van der Waals surface area contributed by atoms with Crippen LogP contribution in [-0.2, 0) is 12.8 Å². The van der Waals surface area contributed by atoms with Crippen molar-refractivity contribution in [1.82, 2.24) is 0 Å².